The monoisotopic (exact) mass is 281 g/mol. The Bertz CT molecular complexity index is 398. The van der Waals surface area contributed by atoms with Crippen LogP contribution in [0.4, 0.5) is 0 Å². The molecule has 0 saturated carbocycles. The molecule has 1 aromatic heterocycles. The Morgan fingerprint density at radius 1 is 1.42 bits per heavy atom. The Morgan fingerprint density at radius 3 is 2.58 bits per heavy atom. The van der Waals surface area contributed by atoms with Crippen molar-refractivity contribution in [1.29, 1.82) is 0 Å². The van der Waals surface area contributed by atoms with Gasteiger partial charge in [-0.1, -0.05) is 13.3 Å². The highest BCUT2D eigenvalue weighted by molar-refractivity contribution is 7.10. The molecule has 4 heteroatoms. The highest BCUT2D eigenvalue weighted by Gasteiger charge is 2.39. The lowest BCUT2D eigenvalue weighted by Gasteiger charge is -2.47. The van der Waals surface area contributed by atoms with E-state index in [2.05, 4.69) is 42.5 Å². The van der Waals surface area contributed by atoms with Gasteiger partial charge in [0.2, 0.25) is 0 Å². The Hall–Kier alpha value is -0.420. The molecule has 2 rings (SSSR count). The van der Waals surface area contributed by atoms with Gasteiger partial charge < -0.3 is 0 Å². The first-order chi connectivity index (χ1) is 9.13. The number of likely N-dealkylation sites (tertiary alicyclic amines) is 1. The van der Waals surface area contributed by atoms with Gasteiger partial charge in [0.15, 0.2) is 0 Å². The van der Waals surface area contributed by atoms with Gasteiger partial charge >= 0.3 is 0 Å². The maximum atomic E-state index is 5.93. The molecule has 1 aliphatic rings. The standard InChI is InChI=1S/C15H27N3S/c1-4-15(3,18-9-6-5-7-10-18)14(17-16)13-8-11-19-12(13)2/h8,11,14,17H,4-7,9-10,16H2,1-3H3. The van der Waals surface area contributed by atoms with Crippen LogP contribution in [0.2, 0.25) is 0 Å². The summed E-state index contributed by atoms with van der Waals surface area (Å²) in [5.74, 6) is 5.93. The predicted molar refractivity (Wildman–Crippen MR) is 83.2 cm³/mol. The molecule has 0 aromatic carbocycles. The minimum Gasteiger partial charge on any atom is -0.296 e. The molecule has 0 radical (unpaired) electrons. The first-order valence-corrected chi connectivity index (χ1v) is 8.26. The molecule has 1 saturated heterocycles. The van der Waals surface area contributed by atoms with Crippen molar-refractivity contribution in [3.63, 3.8) is 0 Å². The van der Waals surface area contributed by atoms with Crippen LogP contribution in [-0.4, -0.2) is 23.5 Å². The fourth-order valence-electron chi connectivity index (χ4n) is 3.31. The van der Waals surface area contributed by atoms with Crippen LogP contribution in [0.15, 0.2) is 11.4 Å². The molecule has 2 atom stereocenters. The number of thiophene rings is 1. The van der Waals surface area contributed by atoms with Gasteiger partial charge in [-0.3, -0.25) is 16.2 Å². The van der Waals surface area contributed by atoms with E-state index in [4.69, 9.17) is 5.84 Å². The molecule has 0 spiro atoms. The Morgan fingerprint density at radius 2 is 2.11 bits per heavy atom. The SMILES string of the molecule is CCC(C)(C(NN)c1ccsc1C)N1CCCCC1. The molecule has 3 nitrogen and oxygen atoms in total. The van der Waals surface area contributed by atoms with Crippen molar-refractivity contribution >= 4 is 11.3 Å². The average Bonchev–Trinajstić information content (AvgIpc) is 2.86. The van der Waals surface area contributed by atoms with E-state index in [1.54, 1.807) is 0 Å². The number of piperidine rings is 1. The fraction of sp³-hybridized carbons (Fsp3) is 0.733. The van der Waals surface area contributed by atoms with Crippen molar-refractivity contribution in [2.24, 2.45) is 5.84 Å². The summed E-state index contributed by atoms with van der Waals surface area (Å²) in [5.41, 5.74) is 4.56. The number of nitrogens with zero attached hydrogens (tertiary/aromatic N) is 1. The van der Waals surface area contributed by atoms with E-state index >= 15 is 0 Å². The van der Waals surface area contributed by atoms with Crippen molar-refractivity contribution in [1.82, 2.24) is 10.3 Å². The van der Waals surface area contributed by atoms with Gasteiger partial charge in [-0.05, 0) is 63.2 Å². The van der Waals surface area contributed by atoms with Crippen LogP contribution in [0.1, 0.15) is 56.0 Å². The Labute approximate surface area is 121 Å². The van der Waals surface area contributed by atoms with Gasteiger partial charge in [0, 0.05) is 10.4 Å². The summed E-state index contributed by atoms with van der Waals surface area (Å²) < 4.78 is 0. The second-order valence-corrected chi connectivity index (χ2v) is 6.91. The molecule has 0 amide bonds. The topological polar surface area (TPSA) is 41.3 Å². The number of hydrogen-bond acceptors (Lipinski definition) is 4. The van der Waals surface area contributed by atoms with Crippen molar-refractivity contribution in [3.8, 4) is 0 Å². The quantitative estimate of drug-likeness (QED) is 0.643. The van der Waals surface area contributed by atoms with Gasteiger partial charge in [-0.15, -0.1) is 11.3 Å². The lowest BCUT2D eigenvalue weighted by atomic mass is 9.82. The number of hydrazine groups is 1. The van der Waals surface area contributed by atoms with Crippen LogP contribution in [0.3, 0.4) is 0 Å². The van der Waals surface area contributed by atoms with Crippen molar-refractivity contribution in [2.75, 3.05) is 13.1 Å². The molecule has 19 heavy (non-hydrogen) atoms. The molecule has 108 valence electrons. The van der Waals surface area contributed by atoms with E-state index in [-0.39, 0.29) is 11.6 Å². The van der Waals surface area contributed by atoms with E-state index in [9.17, 15) is 0 Å². The minimum absolute atomic E-state index is 0.0982. The van der Waals surface area contributed by atoms with Gasteiger partial charge in [0.25, 0.3) is 0 Å². The summed E-state index contributed by atoms with van der Waals surface area (Å²) >= 11 is 1.81. The van der Waals surface area contributed by atoms with Crippen LogP contribution in [0.5, 0.6) is 0 Å². The van der Waals surface area contributed by atoms with Crippen molar-refractivity contribution in [2.45, 2.75) is 58.0 Å². The van der Waals surface area contributed by atoms with Gasteiger partial charge in [-0.2, -0.15) is 0 Å². The summed E-state index contributed by atoms with van der Waals surface area (Å²) in [4.78, 5) is 4.01. The first kappa shape index (κ1) is 15.0. The second-order valence-electron chi connectivity index (χ2n) is 5.79. The zero-order valence-corrected chi connectivity index (χ0v) is 13.2. The molecule has 1 fully saturated rings. The third kappa shape index (κ3) is 2.87. The fourth-order valence-corrected chi connectivity index (χ4v) is 4.05. The third-order valence-corrected chi connectivity index (χ3v) is 5.65. The molecule has 0 aliphatic carbocycles. The number of rotatable bonds is 5. The summed E-state index contributed by atoms with van der Waals surface area (Å²) in [6.07, 6.45) is 5.11. The zero-order valence-electron chi connectivity index (χ0n) is 12.4. The number of aryl methyl sites for hydroxylation is 1. The van der Waals surface area contributed by atoms with Crippen LogP contribution in [-0.2, 0) is 0 Å². The maximum Gasteiger partial charge on any atom is 0.0651 e. The minimum atomic E-state index is 0.0982. The molecule has 2 unspecified atom stereocenters. The normalized spacial score (nSPS) is 22.1. The lowest BCUT2D eigenvalue weighted by molar-refractivity contribution is 0.0424. The molecular weight excluding hydrogens is 254 g/mol. The van der Waals surface area contributed by atoms with Gasteiger partial charge in [0.1, 0.15) is 0 Å². The third-order valence-electron chi connectivity index (χ3n) is 4.79. The summed E-state index contributed by atoms with van der Waals surface area (Å²) in [6.45, 7) is 9.23. The van der Waals surface area contributed by atoms with Crippen molar-refractivity contribution in [3.05, 3.63) is 21.9 Å². The Balaban J connectivity index is 2.29. The largest absolute Gasteiger partial charge is 0.296 e. The molecule has 1 aromatic rings. The van der Waals surface area contributed by atoms with Crippen molar-refractivity contribution < 1.29 is 0 Å². The second kappa shape index (κ2) is 6.35. The molecular formula is C15H27N3S. The summed E-state index contributed by atoms with van der Waals surface area (Å²) in [7, 11) is 0. The van der Waals surface area contributed by atoms with Crippen LogP contribution < -0.4 is 11.3 Å². The number of nitrogens with one attached hydrogen (secondary N) is 1. The van der Waals surface area contributed by atoms with E-state index in [1.165, 1.54) is 42.8 Å². The molecule has 3 N–H and O–H groups in total. The lowest BCUT2D eigenvalue weighted by Crippen LogP contribution is -2.57. The van der Waals surface area contributed by atoms with Gasteiger partial charge in [-0.25, -0.2) is 0 Å². The smallest absolute Gasteiger partial charge is 0.0651 e. The van der Waals surface area contributed by atoms with E-state index in [1.807, 2.05) is 11.3 Å². The number of hydrogen-bond donors (Lipinski definition) is 2. The highest BCUT2D eigenvalue weighted by Crippen LogP contribution is 2.37. The van der Waals surface area contributed by atoms with Gasteiger partial charge in [0.05, 0.1) is 6.04 Å². The van der Waals surface area contributed by atoms with E-state index in [0.29, 0.717) is 0 Å². The molecule has 2 heterocycles. The van der Waals surface area contributed by atoms with E-state index < -0.39 is 0 Å². The molecule has 0 bridgehead atoms. The van der Waals surface area contributed by atoms with Crippen LogP contribution >= 0.6 is 11.3 Å². The van der Waals surface area contributed by atoms with E-state index in [0.717, 1.165) is 6.42 Å². The molecule has 1 aliphatic heterocycles. The number of nitrogens with two attached hydrogens (primary N) is 1. The average molecular weight is 281 g/mol. The highest BCUT2D eigenvalue weighted by atomic mass is 32.1. The zero-order chi connectivity index (χ0) is 13.9. The van der Waals surface area contributed by atoms with Crippen LogP contribution in [0.25, 0.3) is 0 Å². The van der Waals surface area contributed by atoms with Crippen LogP contribution in [0, 0.1) is 6.92 Å². The Kier molecular flexibility index (Phi) is 5.01. The first-order valence-electron chi connectivity index (χ1n) is 7.38. The summed E-state index contributed by atoms with van der Waals surface area (Å²) in [6, 6.07) is 2.43. The predicted octanol–water partition coefficient (Wildman–Crippen LogP) is 3.22. The summed E-state index contributed by atoms with van der Waals surface area (Å²) in [5, 5.41) is 2.17. The maximum absolute atomic E-state index is 5.93.